The van der Waals surface area contributed by atoms with Gasteiger partial charge in [-0.25, -0.2) is 4.79 Å². The van der Waals surface area contributed by atoms with Gasteiger partial charge < -0.3 is 10.6 Å². The lowest BCUT2D eigenvalue weighted by Crippen LogP contribution is -2.35. The maximum Gasteiger partial charge on any atom is 0.315 e. The van der Waals surface area contributed by atoms with Gasteiger partial charge in [-0.15, -0.1) is 5.92 Å². The van der Waals surface area contributed by atoms with Gasteiger partial charge in [0.2, 0.25) is 0 Å². The zero-order valence-electron chi connectivity index (χ0n) is 6.32. The van der Waals surface area contributed by atoms with Gasteiger partial charge in [-0.3, -0.25) is 0 Å². The van der Waals surface area contributed by atoms with Gasteiger partial charge in [0.25, 0.3) is 0 Å². The SMILES string of the molecule is CC#CCNC(=O)NCC. The third-order valence-electron chi connectivity index (χ3n) is 0.851. The Balaban J connectivity index is 3.27. The summed E-state index contributed by atoms with van der Waals surface area (Å²) in [5.74, 6) is 5.39. The Bertz CT molecular complexity index is 155. The quantitative estimate of drug-likeness (QED) is 0.533. The molecule has 0 aromatic rings. The molecule has 2 amide bonds. The Morgan fingerprint density at radius 3 is 2.70 bits per heavy atom. The van der Waals surface area contributed by atoms with Crippen molar-refractivity contribution in [3.05, 3.63) is 0 Å². The smallest absolute Gasteiger partial charge is 0.315 e. The van der Waals surface area contributed by atoms with Crippen LogP contribution in [0.5, 0.6) is 0 Å². The van der Waals surface area contributed by atoms with Gasteiger partial charge in [0, 0.05) is 6.54 Å². The lowest BCUT2D eigenvalue weighted by atomic mass is 10.6. The molecular weight excluding hydrogens is 128 g/mol. The third kappa shape index (κ3) is 4.98. The van der Waals surface area contributed by atoms with Crippen molar-refractivity contribution in [3.63, 3.8) is 0 Å². The van der Waals surface area contributed by atoms with Crippen molar-refractivity contribution in [1.29, 1.82) is 0 Å². The van der Waals surface area contributed by atoms with Gasteiger partial charge in [-0.2, -0.15) is 0 Å². The first-order valence-electron chi connectivity index (χ1n) is 3.22. The fourth-order valence-corrected chi connectivity index (χ4v) is 0.436. The topological polar surface area (TPSA) is 41.1 Å². The van der Waals surface area contributed by atoms with E-state index >= 15 is 0 Å². The van der Waals surface area contributed by atoms with Crippen molar-refractivity contribution in [2.24, 2.45) is 0 Å². The Morgan fingerprint density at radius 1 is 1.50 bits per heavy atom. The second kappa shape index (κ2) is 5.96. The van der Waals surface area contributed by atoms with E-state index < -0.39 is 0 Å². The minimum absolute atomic E-state index is 0.162. The zero-order chi connectivity index (χ0) is 7.82. The Morgan fingerprint density at radius 2 is 2.20 bits per heavy atom. The summed E-state index contributed by atoms with van der Waals surface area (Å²) in [5, 5.41) is 5.15. The summed E-state index contributed by atoms with van der Waals surface area (Å²) in [6, 6.07) is -0.162. The summed E-state index contributed by atoms with van der Waals surface area (Å²) in [6.45, 7) is 4.66. The van der Waals surface area contributed by atoms with Crippen LogP contribution >= 0.6 is 0 Å². The fraction of sp³-hybridized carbons (Fsp3) is 0.571. The van der Waals surface area contributed by atoms with Gasteiger partial charge in [0.05, 0.1) is 6.54 Å². The molecule has 0 spiro atoms. The van der Waals surface area contributed by atoms with Crippen molar-refractivity contribution in [2.45, 2.75) is 13.8 Å². The summed E-state index contributed by atoms with van der Waals surface area (Å²) in [7, 11) is 0. The van der Waals surface area contributed by atoms with Gasteiger partial charge in [0.1, 0.15) is 0 Å². The van der Waals surface area contributed by atoms with Crippen LogP contribution in [-0.2, 0) is 0 Å². The van der Waals surface area contributed by atoms with Gasteiger partial charge in [-0.05, 0) is 13.8 Å². The van der Waals surface area contributed by atoms with Gasteiger partial charge >= 0.3 is 6.03 Å². The van der Waals surface area contributed by atoms with Crippen molar-refractivity contribution >= 4 is 6.03 Å². The molecule has 0 saturated heterocycles. The Labute approximate surface area is 61.2 Å². The van der Waals surface area contributed by atoms with E-state index in [9.17, 15) is 4.79 Å². The fourth-order valence-electron chi connectivity index (χ4n) is 0.436. The van der Waals surface area contributed by atoms with Crippen LogP contribution in [0.3, 0.4) is 0 Å². The number of rotatable bonds is 2. The molecule has 0 saturated carbocycles. The van der Waals surface area contributed by atoms with Crippen LogP contribution in [0.4, 0.5) is 4.79 Å². The highest BCUT2D eigenvalue weighted by Gasteiger charge is 1.91. The van der Waals surface area contributed by atoms with Crippen LogP contribution in [-0.4, -0.2) is 19.1 Å². The van der Waals surface area contributed by atoms with Crippen LogP contribution in [0, 0.1) is 11.8 Å². The van der Waals surface area contributed by atoms with E-state index in [1.165, 1.54) is 0 Å². The molecule has 3 heteroatoms. The minimum atomic E-state index is -0.162. The second-order valence-electron chi connectivity index (χ2n) is 1.64. The molecule has 0 rings (SSSR count). The molecule has 0 aromatic carbocycles. The first kappa shape index (κ1) is 8.83. The highest BCUT2D eigenvalue weighted by atomic mass is 16.2. The molecule has 56 valence electrons. The van der Waals surface area contributed by atoms with E-state index in [1.807, 2.05) is 6.92 Å². The molecule has 10 heavy (non-hydrogen) atoms. The second-order valence-corrected chi connectivity index (χ2v) is 1.64. The monoisotopic (exact) mass is 140 g/mol. The summed E-state index contributed by atoms with van der Waals surface area (Å²) in [4.78, 5) is 10.6. The lowest BCUT2D eigenvalue weighted by Gasteiger charge is -1.99. The summed E-state index contributed by atoms with van der Waals surface area (Å²) >= 11 is 0. The van der Waals surface area contributed by atoms with Gasteiger partial charge in [-0.1, -0.05) is 5.92 Å². The average molecular weight is 140 g/mol. The molecule has 0 heterocycles. The largest absolute Gasteiger partial charge is 0.338 e. The van der Waals surface area contributed by atoms with Crippen LogP contribution < -0.4 is 10.6 Å². The number of carbonyl (C=O) groups excluding carboxylic acids is 1. The number of hydrogen-bond acceptors (Lipinski definition) is 1. The minimum Gasteiger partial charge on any atom is -0.338 e. The molecule has 0 atom stereocenters. The molecule has 0 aliphatic heterocycles. The number of amides is 2. The molecule has 0 unspecified atom stereocenters. The molecule has 2 N–H and O–H groups in total. The van der Waals surface area contributed by atoms with Crippen molar-refractivity contribution in [1.82, 2.24) is 10.6 Å². The number of nitrogens with one attached hydrogen (secondary N) is 2. The molecule has 0 aliphatic carbocycles. The predicted octanol–water partition coefficient (Wildman–Crippen LogP) is 0.329. The maximum absolute atomic E-state index is 10.6. The standard InChI is InChI=1S/C7H12N2O/c1-3-5-6-9-7(10)8-4-2/h4,6H2,1-2H3,(H2,8,9,10). The molecule has 0 radical (unpaired) electrons. The van der Waals surface area contributed by atoms with Gasteiger partial charge in [0.15, 0.2) is 0 Å². The van der Waals surface area contributed by atoms with Crippen LogP contribution in [0.25, 0.3) is 0 Å². The molecular formula is C7H12N2O. The number of urea groups is 1. The summed E-state index contributed by atoms with van der Waals surface area (Å²) in [5.41, 5.74) is 0. The molecule has 0 aromatic heterocycles. The first-order chi connectivity index (χ1) is 4.81. The number of carbonyl (C=O) groups is 1. The van der Waals surface area contributed by atoms with E-state index in [2.05, 4.69) is 22.5 Å². The zero-order valence-corrected chi connectivity index (χ0v) is 6.32. The lowest BCUT2D eigenvalue weighted by molar-refractivity contribution is 0.242. The average Bonchev–Trinajstić information content (AvgIpc) is 1.89. The van der Waals surface area contributed by atoms with Crippen molar-refractivity contribution in [3.8, 4) is 11.8 Å². The van der Waals surface area contributed by atoms with Crippen molar-refractivity contribution in [2.75, 3.05) is 13.1 Å². The molecule has 0 bridgehead atoms. The molecule has 3 nitrogen and oxygen atoms in total. The molecule has 0 fully saturated rings. The van der Waals surface area contributed by atoms with E-state index in [0.29, 0.717) is 13.1 Å². The highest BCUT2D eigenvalue weighted by Crippen LogP contribution is 1.62. The number of hydrogen-bond donors (Lipinski definition) is 2. The third-order valence-corrected chi connectivity index (χ3v) is 0.851. The van der Waals surface area contributed by atoms with E-state index in [0.717, 1.165) is 0 Å². The Kier molecular flexibility index (Phi) is 5.26. The van der Waals surface area contributed by atoms with Crippen LogP contribution in [0.15, 0.2) is 0 Å². The van der Waals surface area contributed by atoms with E-state index in [4.69, 9.17) is 0 Å². The van der Waals surface area contributed by atoms with Crippen LogP contribution in [0.1, 0.15) is 13.8 Å². The van der Waals surface area contributed by atoms with E-state index in [-0.39, 0.29) is 6.03 Å². The van der Waals surface area contributed by atoms with Crippen LogP contribution in [0.2, 0.25) is 0 Å². The first-order valence-corrected chi connectivity index (χ1v) is 3.22. The Hall–Kier alpha value is -1.17. The summed E-state index contributed by atoms with van der Waals surface area (Å²) < 4.78 is 0. The predicted molar refractivity (Wildman–Crippen MR) is 40.5 cm³/mol. The highest BCUT2D eigenvalue weighted by molar-refractivity contribution is 5.73. The van der Waals surface area contributed by atoms with Crippen molar-refractivity contribution < 1.29 is 4.79 Å². The van der Waals surface area contributed by atoms with E-state index in [1.54, 1.807) is 6.92 Å². The molecule has 0 aliphatic rings. The maximum atomic E-state index is 10.6. The normalized spacial score (nSPS) is 7.40. The summed E-state index contributed by atoms with van der Waals surface area (Å²) in [6.07, 6.45) is 0.